The third-order valence-corrected chi connectivity index (χ3v) is 8.76. The predicted molar refractivity (Wildman–Crippen MR) is 116 cm³/mol. The SMILES string of the molecule is COC1C2OC3OC1C(OS(=O)(=O)c1ccc(C)cc1)C(O3)C2OS(=O)(=O)c1ccc(C)cc1. The summed E-state index contributed by atoms with van der Waals surface area (Å²) in [6.07, 6.45) is -6.18. The van der Waals surface area contributed by atoms with Gasteiger partial charge >= 0.3 is 0 Å². The topological polar surface area (TPSA) is 124 Å². The number of methoxy groups -OCH3 is 1. The maximum atomic E-state index is 13.0. The molecule has 0 N–H and O–H groups in total. The van der Waals surface area contributed by atoms with Gasteiger partial charge in [-0.3, -0.25) is 8.37 Å². The second kappa shape index (κ2) is 8.64. The predicted octanol–water partition coefficient (Wildman–Crippen LogP) is 1.65. The minimum Gasteiger partial charge on any atom is -0.376 e. The first kappa shape index (κ1) is 23.8. The minimum atomic E-state index is -4.24. The summed E-state index contributed by atoms with van der Waals surface area (Å²) < 4.78 is 85.6. The van der Waals surface area contributed by atoms with E-state index in [0.29, 0.717) is 0 Å². The molecule has 4 bridgehead atoms. The van der Waals surface area contributed by atoms with E-state index in [9.17, 15) is 16.8 Å². The van der Waals surface area contributed by atoms with Gasteiger partial charge in [-0.15, -0.1) is 0 Å². The van der Waals surface area contributed by atoms with Crippen molar-refractivity contribution < 1.29 is 44.1 Å². The van der Waals surface area contributed by atoms with E-state index in [4.69, 9.17) is 27.3 Å². The van der Waals surface area contributed by atoms with Crippen LogP contribution in [0.25, 0.3) is 0 Å². The Kier molecular flexibility index (Phi) is 6.06. The van der Waals surface area contributed by atoms with Crippen LogP contribution < -0.4 is 0 Å². The number of aryl methyl sites for hydroxylation is 2. The molecule has 2 aromatic carbocycles. The second-order valence-corrected chi connectivity index (χ2v) is 11.6. The number of benzene rings is 2. The minimum absolute atomic E-state index is 0.0538. The number of hydrogen-bond acceptors (Lipinski definition) is 10. The van der Waals surface area contributed by atoms with E-state index in [2.05, 4.69) is 0 Å². The molecule has 3 saturated heterocycles. The molecule has 4 aliphatic rings. The van der Waals surface area contributed by atoms with E-state index >= 15 is 0 Å². The van der Waals surface area contributed by atoms with Crippen LogP contribution in [0, 0.1) is 13.8 Å². The Morgan fingerprint density at radius 1 is 0.618 bits per heavy atom. The van der Waals surface area contributed by atoms with Crippen molar-refractivity contribution in [2.45, 2.75) is 66.7 Å². The van der Waals surface area contributed by atoms with Crippen molar-refractivity contribution in [3.05, 3.63) is 59.7 Å². The van der Waals surface area contributed by atoms with Gasteiger partial charge in [0.15, 0.2) is 0 Å². The van der Waals surface area contributed by atoms with E-state index < -0.39 is 63.3 Å². The average molecular weight is 513 g/mol. The third kappa shape index (κ3) is 4.18. The summed E-state index contributed by atoms with van der Waals surface area (Å²) in [6.45, 7) is 2.54. The molecule has 0 spiro atoms. The van der Waals surface area contributed by atoms with Crippen LogP contribution >= 0.6 is 0 Å². The van der Waals surface area contributed by atoms with Gasteiger partial charge in [-0.05, 0) is 38.1 Å². The van der Waals surface area contributed by atoms with E-state index in [1.807, 2.05) is 13.8 Å². The van der Waals surface area contributed by atoms with Crippen LogP contribution in [-0.2, 0) is 47.5 Å². The monoisotopic (exact) mass is 512 g/mol. The van der Waals surface area contributed by atoms with Crippen molar-refractivity contribution in [1.82, 2.24) is 0 Å². The highest BCUT2D eigenvalue weighted by Gasteiger charge is 2.65. The summed E-state index contributed by atoms with van der Waals surface area (Å²) in [4.78, 5) is -0.108. The number of ether oxygens (including phenoxy) is 4. The maximum Gasteiger partial charge on any atom is 0.297 e. The molecule has 12 heteroatoms. The second-order valence-electron chi connectivity index (χ2n) is 8.45. The van der Waals surface area contributed by atoms with Crippen molar-refractivity contribution in [2.75, 3.05) is 7.11 Å². The van der Waals surface area contributed by atoms with Crippen LogP contribution in [0.4, 0.5) is 0 Å². The fourth-order valence-corrected chi connectivity index (χ4v) is 6.55. The summed E-state index contributed by atoms with van der Waals surface area (Å²) in [5.41, 5.74) is 1.76. The fourth-order valence-electron chi connectivity index (χ4n) is 4.37. The molecular formula is C22H24O10S2. The zero-order valence-electron chi connectivity index (χ0n) is 18.6. The van der Waals surface area contributed by atoms with Crippen LogP contribution in [0.5, 0.6) is 0 Å². The molecule has 0 amide bonds. The summed E-state index contributed by atoms with van der Waals surface area (Å²) in [5, 5.41) is 0. The Bertz CT molecular complexity index is 1160. The Morgan fingerprint density at radius 3 is 1.32 bits per heavy atom. The molecule has 2 aromatic rings. The number of hydrogen-bond donors (Lipinski definition) is 0. The fraction of sp³-hybridized carbons (Fsp3) is 0.455. The van der Waals surface area contributed by atoms with Gasteiger partial charge in [0.1, 0.15) is 36.6 Å². The first-order valence-corrected chi connectivity index (χ1v) is 13.4. The average Bonchev–Trinajstić information content (AvgIpc) is 2.79. The van der Waals surface area contributed by atoms with E-state index in [0.717, 1.165) is 11.1 Å². The van der Waals surface area contributed by atoms with Crippen LogP contribution in [0.2, 0.25) is 0 Å². The van der Waals surface area contributed by atoms with Crippen LogP contribution in [0.3, 0.4) is 0 Å². The summed E-state index contributed by atoms with van der Waals surface area (Å²) in [6, 6.07) is 12.3. The largest absolute Gasteiger partial charge is 0.376 e. The highest BCUT2D eigenvalue weighted by atomic mass is 32.2. The van der Waals surface area contributed by atoms with Gasteiger partial charge in [0.05, 0.1) is 9.79 Å². The zero-order chi connectivity index (χ0) is 24.3. The van der Waals surface area contributed by atoms with Crippen molar-refractivity contribution in [3.8, 4) is 0 Å². The molecule has 4 fully saturated rings. The van der Waals surface area contributed by atoms with Crippen molar-refractivity contribution in [2.24, 2.45) is 0 Å². The molecule has 1 saturated carbocycles. The third-order valence-electron chi connectivity index (χ3n) is 6.11. The smallest absolute Gasteiger partial charge is 0.297 e. The summed E-state index contributed by atoms with van der Waals surface area (Å²) >= 11 is 0. The molecule has 1 aliphatic carbocycles. The Labute approximate surface area is 197 Å². The molecule has 184 valence electrons. The molecule has 3 aliphatic heterocycles. The molecule has 34 heavy (non-hydrogen) atoms. The molecule has 3 heterocycles. The Balaban J connectivity index is 1.47. The van der Waals surface area contributed by atoms with Crippen molar-refractivity contribution in [3.63, 3.8) is 0 Å². The lowest BCUT2D eigenvalue weighted by Crippen LogP contribution is -2.76. The van der Waals surface area contributed by atoms with Crippen LogP contribution in [0.1, 0.15) is 11.1 Å². The maximum absolute atomic E-state index is 13.0. The van der Waals surface area contributed by atoms with Gasteiger partial charge in [0, 0.05) is 7.11 Å². The van der Waals surface area contributed by atoms with Gasteiger partial charge in [-0.2, -0.15) is 16.8 Å². The lowest BCUT2D eigenvalue weighted by molar-refractivity contribution is -0.477. The first-order valence-electron chi connectivity index (χ1n) is 10.6. The number of rotatable bonds is 7. The van der Waals surface area contributed by atoms with Gasteiger partial charge in [-0.25, -0.2) is 0 Å². The lowest BCUT2D eigenvalue weighted by atomic mass is 9.82. The molecule has 6 rings (SSSR count). The van der Waals surface area contributed by atoms with Gasteiger partial charge in [0.2, 0.25) is 0 Å². The summed E-state index contributed by atoms with van der Waals surface area (Å²) in [7, 11) is -7.09. The Morgan fingerprint density at radius 2 is 0.971 bits per heavy atom. The molecule has 10 nitrogen and oxygen atoms in total. The highest BCUT2D eigenvalue weighted by Crippen LogP contribution is 2.45. The van der Waals surface area contributed by atoms with E-state index in [-0.39, 0.29) is 9.79 Å². The van der Waals surface area contributed by atoms with Crippen molar-refractivity contribution >= 4 is 20.2 Å². The Hall–Kier alpha value is -1.90. The van der Waals surface area contributed by atoms with E-state index in [1.165, 1.54) is 31.4 Å². The lowest BCUT2D eigenvalue weighted by Gasteiger charge is -2.57. The van der Waals surface area contributed by atoms with Crippen LogP contribution in [0.15, 0.2) is 58.3 Å². The molecule has 4 atom stereocenters. The van der Waals surface area contributed by atoms with Gasteiger partial charge < -0.3 is 18.9 Å². The van der Waals surface area contributed by atoms with Gasteiger partial charge in [-0.1, -0.05) is 35.4 Å². The molecule has 0 aromatic heterocycles. The highest BCUT2D eigenvalue weighted by molar-refractivity contribution is 7.87. The quantitative estimate of drug-likeness (QED) is 0.506. The zero-order valence-corrected chi connectivity index (χ0v) is 20.2. The molecule has 4 unspecified atom stereocenters. The van der Waals surface area contributed by atoms with Gasteiger partial charge in [0.25, 0.3) is 26.7 Å². The molecule has 0 radical (unpaired) electrons. The van der Waals surface area contributed by atoms with Crippen LogP contribution in [-0.4, -0.2) is 67.0 Å². The first-order chi connectivity index (χ1) is 16.1. The normalized spacial score (nSPS) is 32.7. The molecular weight excluding hydrogens is 488 g/mol. The van der Waals surface area contributed by atoms with E-state index in [1.54, 1.807) is 24.3 Å². The van der Waals surface area contributed by atoms with Crippen molar-refractivity contribution in [1.29, 1.82) is 0 Å². The summed E-state index contributed by atoms with van der Waals surface area (Å²) in [5.74, 6) is 0. The standard InChI is InChI=1S/C22H24O10S2/c1-12-4-8-14(9-5-12)33(23,24)31-20-17-16(27-3)18-21(19(20)30-22(28-17)29-18)32-34(25,26)15-10-6-13(2)7-11-15/h4-11,16-22H,1-3H3.